The number of nitrogens with one attached hydrogen (secondary N) is 3. The molecule has 0 atom stereocenters. The molecular formula is C27H33N5O6. The number of fused-ring (bicyclic) bond motifs is 1. The first-order valence-corrected chi connectivity index (χ1v) is 12.5. The van der Waals surface area contributed by atoms with Crippen molar-refractivity contribution in [1.82, 2.24) is 25.5 Å². The van der Waals surface area contributed by atoms with Crippen molar-refractivity contribution in [3.05, 3.63) is 66.0 Å². The van der Waals surface area contributed by atoms with Crippen molar-refractivity contribution in [3.8, 4) is 0 Å². The molecule has 38 heavy (non-hydrogen) atoms. The molecule has 3 aromatic rings. The van der Waals surface area contributed by atoms with Crippen LogP contribution in [0.15, 0.2) is 54.6 Å². The summed E-state index contributed by atoms with van der Waals surface area (Å²) in [4.78, 5) is 54.8. The maximum atomic E-state index is 12.6. The van der Waals surface area contributed by atoms with Gasteiger partial charge in [0.15, 0.2) is 0 Å². The Hall–Kier alpha value is -4.41. The summed E-state index contributed by atoms with van der Waals surface area (Å²) in [7, 11) is 0. The zero-order valence-electron chi connectivity index (χ0n) is 21.1. The molecule has 0 aliphatic carbocycles. The van der Waals surface area contributed by atoms with Gasteiger partial charge in [0.2, 0.25) is 11.8 Å². The van der Waals surface area contributed by atoms with E-state index in [2.05, 4.69) is 20.6 Å². The summed E-state index contributed by atoms with van der Waals surface area (Å²) in [5, 5.41) is 12.4. The SMILES string of the molecule is O=C(NCCNC(=O)C1CCN(C(=O)CCc2nc3ccccc3[nH]2)CC1)OCc1ccccc1.O=CO. The fourth-order valence-corrected chi connectivity index (χ4v) is 4.17. The van der Waals surface area contributed by atoms with Gasteiger partial charge in [-0.3, -0.25) is 14.4 Å². The number of aromatic amines is 1. The summed E-state index contributed by atoms with van der Waals surface area (Å²) in [5.41, 5.74) is 2.79. The second kappa shape index (κ2) is 15.0. The van der Waals surface area contributed by atoms with Crippen molar-refractivity contribution in [3.63, 3.8) is 0 Å². The van der Waals surface area contributed by atoms with Crippen molar-refractivity contribution in [2.75, 3.05) is 26.2 Å². The van der Waals surface area contributed by atoms with E-state index < -0.39 is 6.09 Å². The molecule has 11 nitrogen and oxygen atoms in total. The van der Waals surface area contributed by atoms with E-state index >= 15 is 0 Å². The fourth-order valence-electron chi connectivity index (χ4n) is 4.17. The lowest BCUT2D eigenvalue weighted by Gasteiger charge is -2.31. The third-order valence-electron chi connectivity index (χ3n) is 6.14. The minimum atomic E-state index is -0.516. The maximum absolute atomic E-state index is 12.6. The number of likely N-dealkylation sites (tertiary alicyclic amines) is 1. The quantitative estimate of drug-likeness (QED) is 0.248. The highest BCUT2D eigenvalue weighted by atomic mass is 16.5. The average molecular weight is 524 g/mol. The first kappa shape index (κ1) is 28.2. The van der Waals surface area contributed by atoms with Crippen molar-refractivity contribution in [2.45, 2.75) is 32.3 Å². The molecule has 1 aliphatic rings. The maximum Gasteiger partial charge on any atom is 0.407 e. The van der Waals surface area contributed by atoms with E-state index in [0.29, 0.717) is 51.9 Å². The van der Waals surface area contributed by atoms with Gasteiger partial charge >= 0.3 is 6.09 Å². The lowest BCUT2D eigenvalue weighted by Crippen LogP contribution is -2.44. The van der Waals surface area contributed by atoms with Crippen LogP contribution >= 0.6 is 0 Å². The minimum Gasteiger partial charge on any atom is -0.483 e. The van der Waals surface area contributed by atoms with Crippen LogP contribution in [0.5, 0.6) is 0 Å². The number of aryl methyl sites for hydroxylation is 1. The van der Waals surface area contributed by atoms with E-state index in [1.165, 1.54) is 0 Å². The summed E-state index contributed by atoms with van der Waals surface area (Å²) in [5.74, 6) is 0.729. The smallest absolute Gasteiger partial charge is 0.407 e. The molecule has 0 spiro atoms. The monoisotopic (exact) mass is 523 g/mol. The second-order valence-electron chi connectivity index (χ2n) is 8.74. The van der Waals surface area contributed by atoms with Crippen molar-refractivity contribution in [2.24, 2.45) is 5.92 Å². The standard InChI is InChI=1S/C26H31N5O4.CH2O2/c32-24(11-10-23-29-21-8-4-5-9-22(21)30-23)31-16-12-20(13-17-31)25(33)27-14-15-28-26(34)35-18-19-6-2-1-3-7-19;2-1-3/h1-9,20H,10-18H2,(H,27,33)(H,28,34)(H,29,30);1H,(H,2,3). The predicted molar refractivity (Wildman–Crippen MR) is 140 cm³/mol. The fraction of sp³-hybridized carbons (Fsp3) is 0.370. The molecule has 1 fully saturated rings. The Balaban J connectivity index is 0.00000127. The van der Waals surface area contributed by atoms with Gasteiger partial charge in [0.25, 0.3) is 6.47 Å². The van der Waals surface area contributed by atoms with E-state index in [9.17, 15) is 14.4 Å². The van der Waals surface area contributed by atoms with E-state index in [1.54, 1.807) is 0 Å². The van der Waals surface area contributed by atoms with Crippen LogP contribution < -0.4 is 10.6 Å². The van der Waals surface area contributed by atoms with Gasteiger partial charge in [-0.05, 0) is 30.5 Å². The Kier molecular flexibility index (Phi) is 11.1. The Bertz CT molecular complexity index is 1160. The summed E-state index contributed by atoms with van der Waals surface area (Å²) in [6.45, 7) is 1.71. The van der Waals surface area contributed by atoms with Crippen LogP contribution in [0, 0.1) is 5.92 Å². The highest BCUT2D eigenvalue weighted by molar-refractivity contribution is 5.80. The van der Waals surface area contributed by atoms with Gasteiger partial charge in [0, 0.05) is 44.9 Å². The lowest BCUT2D eigenvalue weighted by molar-refractivity contribution is -0.135. The topological polar surface area (TPSA) is 154 Å². The number of nitrogens with zero attached hydrogens (tertiary/aromatic N) is 2. The number of rotatable bonds is 9. The van der Waals surface area contributed by atoms with Gasteiger partial charge in [-0.2, -0.15) is 0 Å². The number of alkyl carbamates (subject to hydrolysis) is 1. The molecule has 0 unspecified atom stereocenters. The van der Waals surface area contributed by atoms with E-state index in [1.807, 2.05) is 59.5 Å². The van der Waals surface area contributed by atoms with Gasteiger partial charge in [0.1, 0.15) is 12.4 Å². The molecule has 11 heteroatoms. The molecule has 2 heterocycles. The Morgan fingerprint density at radius 3 is 2.39 bits per heavy atom. The Labute approximate surface area is 220 Å². The summed E-state index contributed by atoms with van der Waals surface area (Å²) >= 11 is 0. The zero-order valence-corrected chi connectivity index (χ0v) is 21.1. The van der Waals surface area contributed by atoms with Crippen LogP contribution in [-0.4, -0.2) is 70.5 Å². The molecule has 3 amide bonds. The predicted octanol–water partition coefficient (Wildman–Crippen LogP) is 2.48. The van der Waals surface area contributed by atoms with Gasteiger partial charge in [-0.15, -0.1) is 0 Å². The van der Waals surface area contributed by atoms with Crippen LogP contribution in [0.4, 0.5) is 4.79 Å². The molecule has 0 radical (unpaired) electrons. The van der Waals surface area contributed by atoms with E-state index in [0.717, 1.165) is 22.4 Å². The van der Waals surface area contributed by atoms with Crippen LogP contribution in [-0.2, 0) is 32.1 Å². The summed E-state index contributed by atoms with van der Waals surface area (Å²) in [6.07, 6.45) is 1.71. The summed E-state index contributed by atoms with van der Waals surface area (Å²) in [6, 6.07) is 17.2. The van der Waals surface area contributed by atoms with Crippen molar-refractivity contribution < 1.29 is 29.0 Å². The summed E-state index contributed by atoms with van der Waals surface area (Å²) < 4.78 is 5.14. The van der Waals surface area contributed by atoms with Crippen molar-refractivity contribution >= 4 is 35.4 Å². The number of carbonyl (C=O) groups is 4. The molecule has 1 aliphatic heterocycles. The lowest BCUT2D eigenvalue weighted by atomic mass is 9.95. The number of imidazole rings is 1. The second-order valence-corrected chi connectivity index (χ2v) is 8.74. The Morgan fingerprint density at radius 1 is 1.03 bits per heavy atom. The van der Waals surface area contributed by atoms with Gasteiger partial charge in [-0.25, -0.2) is 9.78 Å². The van der Waals surface area contributed by atoms with Gasteiger partial charge in [0.05, 0.1) is 11.0 Å². The number of amides is 3. The van der Waals surface area contributed by atoms with Gasteiger partial charge in [-0.1, -0.05) is 42.5 Å². The molecule has 0 bridgehead atoms. The Morgan fingerprint density at radius 2 is 1.68 bits per heavy atom. The minimum absolute atomic E-state index is 0.0428. The van der Waals surface area contributed by atoms with Crippen molar-refractivity contribution in [1.29, 1.82) is 0 Å². The highest BCUT2D eigenvalue weighted by Crippen LogP contribution is 2.19. The largest absolute Gasteiger partial charge is 0.483 e. The number of carbonyl (C=O) groups excluding carboxylic acids is 3. The number of para-hydroxylation sites is 2. The highest BCUT2D eigenvalue weighted by Gasteiger charge is 2.27. The number of hydrogen-bond acceptors (Lipinski definition) is 6. The molecule has 1 aromatic heterocycles. The number of aromatic nitrogens is 2. The normalized spacial score (nSPS) is 13.2. The molecule has 4 rings (SSSR count). The molecule has 2 aromatic carbocycles. The third kappa shape index (κ3) is 8.91. The van der Waals surface area contributed by atoms with Crippen LogP contribution in [0.2, 0.25) is 0 Å². The van der Waals surface area contributed by atoms with E-state index in [4.69, 9.17) is 14.6 Å². The van der Waals surface area contributed by atoms with Crippen LogP contribution in [0.3, 0.4) is 0 Å². The first-order valence-electron chi connectivity index (χ1n) is 12.5. The molecule has 0 saturated carbocycles. The average Bonchev–Trinajstić information content (AvgIpc) is 3.37. The number of benzene rings is 2. The van der Waals surface area contributed by atoms with E-state index in [-0.39, 0.29) is 30.8 Å². The number of carboxylic acid groups (broad SMARTS) is 1. The molecule has 1 saturated heterocycles. The third-order valence-corrected chi connectivity index (χ3v) is 6.14. The molecule has 202 valence electrons. The van der Waals surface area contributed by atoms with Crippen LogP contribution in [0.25, 0.3) is 11.0 Å². The number of hydrogen-bond donors (Lipinski definition) is 4. The van der Waals surface area contributed by atoms with Crippen LogP contribution in [0.1, 0.15) is 30.7 Å². The number of H-pyrrole nitrogens is 1. The van der Waals surface area contributed by atoms with Gasteiger partial charge < -0.3 is 30.4 Å². The zero-order chi connectivity index (χ0) is 27.2. The first-order chi connectivity index (χ1) is 18.5. The number of piperidine rings is 1. The molecular weight excluding hydrogens is 490 g/mol. The molecule has 4 N–H and O–H groups in total. The number of ether oxygens (including phenoxy) is 1.